The van der Waals surface area contributed by atoms with E-state index in [0.29, 0.717) is 18.3 Å². The summed E-state index contributed by atoms with van der Waals surface area (Å²) in [4.78, 5) is 8.62. The van der Waals surface area contributed by atoms with Crippen LogP contribution in [0.5, 0.6) is 0 Å². The van der Waals surface area contributed by atoms with Gasteiger partial charge in [0.15, 0.2) is 5.82 Å². The van der Waals surface area contributed by atoms with Crippen LogP contribution in [0.1, 0.15) is 5.56 Å². The molecule has 25 heavy (non-hydrogen) atoms. The molecule has 0 aliphatic carbocycles. The van der Waals surface area contributed by atoms with E-state index in [9.17, 15) is 4.39 Å². The molecular weight excluding hydrogens is 319 g/mol. The lowest BCUT2D eigenvalue weighted by molar-refractivity contribution is 0.626. The molecule has 0 saturated carbocycles. The zero-order chi connectivity index (χ0) is 17.2. The van der Waals surface area contributed by atoms with Gasteiger partial charge in [0.1, 0.15) is 5.82 Å². The molecule has 2 aromatic carbocycles. The lowest BCUT2D eigenvalue weighted by Gasteiger charge is -2.06. The Balaban J connectivity index is 1.50. The lowest BCUT2D eigenvalue weighted by Crippen LogP contribution is -2.03. The quantitative estimate of drug-likeness (QED) is 0.532. The predicted molar refractivity (Wildman–Crippen MR) is 95.3 cm³/mol. The van der Waals surface area contributed by atoms with E-state index in [1.165, 1.54) is 12.1 Å². The van der Waals surface area contributed by atoms with Crippen LogP contribution in [-0.2, 0) is 6.54 Å². The topological polar surface area (TPSA) is 92.5 Å². The van der Waals surface area contributed by atoms with Gasteiger partial charge in [0.25, 0.3) is 0 Å². The molecule has 0 fully saturated rings. The molecule has 6 nitrogen and oxygen atoms in total. The van der Waals surface area contributed by atoms with E-state index in [4.69, 9.17) is 5.73 Å². The molecule has 0 radical (unpaired) electrons. The van der Waals surface area contributed by atoms with Crippen LogP contribution in [0, 0.1) is 5.82 Å². The fraction of sp³-hybridized carbons (Fsp3) is 0.0556. The number of hydrogen-bond donors (Lipinski definition) is 3. The normalized spacial score (nSPS) is 10.9. The van der Waals surface area contributed by atoms with Crippen LogP contribution < -0.4 is 11.1 Å². The van der Waals surface area contributed by atoms with Gasteiger partial charge in [-0.25, -0.2) is 14.4 Å². The van der Waals surface area contributed by atoms with Crippen molar-refractivity contribution in [3.8, 4) is 11.1 Å². The van der Waals surface area contributed by atoms with Crippen molar-refractivity contribution in [3.63, 3.8) is 0 Å². The van der Waals surface area contributed by atoms with Gasteiger partial charge in [0.05, 0.1) is 5.52 Å². The molecule has 0 atom stereocenters. The molecule has 7 heteroatoms. The second kappa shape index (κ2) is 6.20. The zero-order valence-electron chi connectivity index (χ0n) is 13.2. The molecule has 0 spiro atoms. The maximum atomic E-state index is 13.2. The molecule has 124 valence electrons. The maximum absolute atomic E-state index is 13.2. The first kappa shape index (κ1) is 15.1. The molecule has 2 heterocycles. The van der Waals surface area contributed by atoms with Crippen LogP contribution in [0.3, 0.4) is 0 Å². The highest BCUT2D eigenvalue weighted by Crippen LogP contribution is 2.25. The monoisotopic (exact) mass is 334 g/mol. The summed E-state index contributed by atoms with van der Waals surface area (Å²) in [6.07, 6.45) is 3.48. The summed E-state index contributed by atoms with van der Waals surface area (Å²) in [7, 11) is 0. The number of nitrogens with one attached hydrogen (secondary N) is 2. The number of anilines is 2. The molecule has 0 aliphatic rings. The van der Waals surface area contributed by atoms with E-state index in [1.807, 2.05) is 24.3 Å². The first-order valence-electron chi connectivity index (χ1n) is 7.73. The van der Waals surface area contributed by atoms with E-state index < -0.39 is 0 Å². The van der Waals surface area contributed by atoms with Crippen molar-refractivity contribution < 1.29 is 4.39 Å². The number of H-pyrrole nitrogens is 1. The minimum atomic E-state index is -0.259. The van der Waals surface area contributed by atoms with E-state index in [2.05, 4.69) is 25.5 Å². The minimum Gasteiger partial charge on any atom is -0.382 e. The average Bonchev–Trinajstić information content (AvgIpc) is 3.01. The van der Waals surface area contributed by atoms with Crippen molar-refractivity contribution in [2.24, 2.45) is 0 Å². The second-order valence-corrected chi connectivity index (χ2v) is 5.65. The standard InChI is InChI=1S/C18H15FN6/c19-14-3-1-2-11(6-14)8-21-18-22-9-13(10-23-18)12-4-5-15-16(7-12)24-25-17(15)20/h1-7,9-10H,8H2,(H3,20,24,25)(H,21,22,23). The van der Waals surface area contributed by atoms with E-state index in [-0.39, 0.29) is 5.82 Å². The highest BCUT2D eigenvalue weighted by Gasteiger charge is 2.06. The number of aromatic amines is 1. The number of nitrogens with zero attached hydrogens (tertiary/aromatic N) is 3. The summed E-state index contributed by atoms with van der Waals surface area (Å²) in [6.45, 7) is 0.455. The summed E-state index contributed by atoms with van der Waals surface area (Å²) in [5.41, 5.74) is 9.32. The number of halogens is 1. The number of hydrogen-bond acceptors (Lipinski definition) is 5. The third-order valence-electron chi connectivity index (χ3n) is 3.92. The Morgan fingerprint density at radius 1 is 1.04 bits per heavy atom. The van der Waals surface area contributed by atoms with Gasteiger partial charge in [-0.05, 0) is 35.4 Å². The lowest BCUT2D eigenvalue weighted by atomic mass is 10.1. The number of benzene rings is 2. The Hall–Kier alpha value is -3.48. The van der Waals surface area contributed by atoms with Crippen molar-refractivity contribution in [1.82, 2.24) is 20.2 Å². The highest BCUT2D eigenvalue weighted by atomic mass is 19.1. The van der Waals surface area contributed by atoms with Crippen LogP contribution in [0.25, 0.3) is 22.0 Å². The molecule has 0 aliphatic heterocycles. The summed E-state index contributed by atoms with van der Waals surface area (Å²) < 4.78 is 13.2. The van der Waals surface area contributed by atoms with Gasteiger partial charge < -0.3 is 11.1 Å². The summed E-state index contributed by atoms with van der Waals surface area (Å²) in [6, 6.07) is 12.2. The van der Waals surface area contributed by atoms with Crippen molar-refractivity contribution in [2.45, 2.75) is 6.54 Å². The summed E-state index contributed by atoms with van der Waals surface area (Å²) >= 11 is 0. The van der Waals surface area contributed by atoms with E-state index in [0.717, 1.165) is 27.6 Å². The molecule has 0 unspecified atom stereocenters. The first-order valence-corrected chi connectivity index (χ1v) is 7.73. The fourth-order valence-corrected chi connectivity index (χ4v) is 2.62. The Bertz CT molecular complexity index is 1030. The van der Waals surface area contributed by atoms with Crippen molar-refractivity contribution >= 4 is 22.7 Å². The van der Waals surface area contributed by atoms with Crippen molar-refractivity contribution in [2.75, 3.05) is 11.1 Å². The number of rotatable bonds is 4. The Morgan fingerprint density at radius 2 is 1.88 bits per heavy atom. The Morgan fingerprint density at radius 3 is 2.68 bits per heavy atom. The summed E-state index contributed by atoms with van der Waals surface area (Å²) in [5, 5.41) is 10.8. The van der Waals surface area contributed by atoms with E-state index >= 15 is 0 Å². The minimum absolute atomic E-state index is 0.259. The molecule has 0 amide bonds. The Kier molecular flexibility index (Phi) is 3.74. The van der Waals surface area contributed by atoms with Crippen LogP contribution in [0.4, 0.5) is 16.2 Å². The van der Waals surface area contributed by atoms with Gasteiger partial charge in [-0.3, -0.25) is 5.10 Å². The van der Waals surface area contributed by atoms with Crippen LogP contribution in [-0.4, -0.2) is 20.2 Å². The van der Waals surface area contributed by atoms with Gasteiger partial charge in [0.2, 0.25) is 5.95 Å². The summed E-state index contributed by atoms with van der Waals surface area (Å²) in [5.74, 6) is 0.708. The largest absolute Gasteiger partial charge is 0.382 e. The third-order valence-corrected chi connectivity index (χ3v) is 3.92. The number of fused-ring (bicyclic) bond motifs is 1. The smallest absolute Gasteiger partial charge is 0.222 e. The SMILES string of the molecule is Nc1n[nH]c2cc(-c3cnc(NCc4cccc(F)c4)nc3)ccc12. The van der Waals surface area contributed by atoms with Gasteiger partial charge in [-0.2, -0.15) is 5.10 Å². The molecular formula is C18H15FN6. The van der Waals surface area contributed by atoms with Crippen LogP contribution in [0.15, 0.2) is 54.9 Å². The Labute approximate surface area is 142 Å². The third kappa shape index (κ3) is 3.12. The molecule has 0 bridgehead atoms. The predicted octanol–water partition coefficient (Wildman–Crippen LogP) is 3.35. The average molecular weight is 334 g/mol. The van der Waals surface area contributed by atoms with E-state index in [1.54, 1.807) is 18.5 Å². The van der Waals surface area contributed by atoms with Crippen LogP contribution >= 0.6 is 0 Å². The number of aromatic nitrogens is 4. The van der Waals surface area contributed by atoms with Gasteiger partial charge >= 0.3 is 0 Å². The molecule has 4 rings (SSSR count). The number of nitrogens with two attached hydrogens (primary N) is 1. The maximum Gasteiger partial charge on any atom is 0.222 e. The molecule has 0 saturated heterocycles. The first-order chi connectivity index (χ1) is 12.2. The van der Waals surface area contributed by atoms with Gasteiger partial charge in [-0.15, -0.1) is 0 Å². The van der Waals surface area contributed by atoms with Gasteiger partial charge in [0, 0.05) is 29.9 Å². The van der Waals surface area contributed by atoms with Crippen LogP contribution in [0.2, 0.25) is 0 Å². The molecule has 4 N–H and O–H groups in total. The van der Waals surface area contributed by atoms with Crippen molar-refractivity contribution in [3.05, 3.63) is 66.2 Å². The molecule has 4 aromatic rings. The zero-order valence-corrected chi connectivity index (χ0v) is 13.2. The molecule has 2 aromatic heterocycles. The fourth-order valence-electron chi connectivity index (χ4n) is 2.62. The second-order valence-electron chi connectivity index (χ2n) is 5.65. The highest BCUT2D eigenvalue weighted by molar-refractivity contribution is 5.91. The van der Waals surface area contributed by atoms with Crippen molar-refractivity contribution in [1.29, 1.82) is 0 Å². The number of nitrogen functional groups attached to an aromatic ring is 1. The van der Waals surface area contributed by atoms with Gasteiger partial charge in [-0.1, -0.05) is 18.2 Å².